The van der Waals surface area contributed by atoms with Gasteiger partial charge in [0, 0.05) is 13.1 Å². The van der Waals surface area contributed by atoms with Crippen LogP contribution in [0.3, 0.4) is 0 Å². The lowest BCUT2D eigenvalue weighted by molar-refractivity contribution is -0.124. The normalized spacial score (nSPS) is 23.1. The van der Waals surface area contributed by atoms with Crippen LogP contribution in [-0.2, 0) is 14.3 Å². The molecule has 0 radical (unpaired) electrons. The van der Waals surface area contributed by atoms with E-state index in [0.717, 1.165) is 38.9 Å². The largest absolute Gasteiger partial charge is 0.478 e. The number of hydrogen-bond acceptors (Lipinski definition) is 7. The van der Waals surface area contributed by atoms with Crippen LogP contribution in [0.5, 0.6) is 0 Å². The molecule has 2 aliphatic heterocycles. The minimum Gasteiger partial charge on any atom is -0.478 e. The number of likely N-dealkylation sites (tertiary alicyclic amines) is 1. The van der Waals surface area contributed by atoms with Crippen molar-refractivity contribution in [3.8, 4) is 6.07 Å². The van der Waals surface area contributed by atoms with Gasteiger partial charge in [0.1, 0.15) is 18.2 Å². The van der Waals surface area contributed by atoms with Crippen LogP contribution < -0.4 is 5.32 Å². The van der Waals surface area contributed by atoms with Gasteiger partial charge in [0.05, 0.1) is 32.1 Å². The van der Waals surface area contributed by atoms with Gasteiger partial charge in [-0.25, -0.2) is 9.79 Å². The zero-order valence-corrected chi connectivity index (χ0v) is 21.9. The molecule has 1 saturated carbocycles. The van der Waals surface area contributed by atoms with Crippen molar-refractivity contribution in [2.24, 2.45) is 15.9 Å². The van der Waals surface area contributed by atoms with Crippen molar-refractivity contribution in [1.29, 1.82) is 5.26 Å². The van der Waals surface area contributed by atoms with Gasteiger partial charge in [0.25, 0.3) is 0 Å². The van der Waals surface area contributed by atoms with Crippen LogP contribution in [0.1, 0.15) is 71.6 Å². The molecule has 3 aliphatic rings. The van der Waals surface area contributed by atoms with E-state index in [1.807, 2.05) is 4.90 Å². The fraction of sp³-hybridized carbons (Fsp3) is 0.808. The third-order valence-electron chi connectivity index (χ3n) is 7.29. The summed E-state index contributed by atoms with van der Waals surface area (Å²) >= 11 is 0. The third kappa shape index (κ3) is 8.47. The number of amides is 2. The SMILES string of the molecule is CCCN1CCC(C#N)(NC(=O)C(CC2CCCCC2)/N=C2\CN(/C=N\C(=O)OCC)CCO2)CC1. The average Bonchev–Trinajstić information content (AvgIpc) is 2.89. The summed E-state index contributed by atoms with van der Waals surface area (Å²) in [6.45, 7) is 8.06. The van der Waals surface area contributed by atoms with Crippen LogP contribution in [0, 0.1) is 17.2 Å². The molecule has 10 heteroatoms. The Kier molecular flexibility index (Phi) is 11.0. The molecule has 1 unspecified atom stereocenters. The third-order valence-corrected chi connectivity index (χ3v) is 7.29. The summed E-state index contributed by atoms with van der Waals surface area (Å²) in [6.07, 6.45) is 9.59. The quantitative estimate of drug-likeness (QED) is 0.380. The number of hydrogen-bond donors (Lipinski definition) is 1. The molecule has 0 aromatic carbocycles. The summed E-state index contributed by atoms with van der Waals surface area (Å²) in [5.74, 6) is 0.698. The zero-order valence-electron chi connectivity index (χ0n) is 21.9. The van der Waals surface area contributed by atoms with Crippen LogP contribution in [0.15, 0.2) is 9.98 Å². The van der Waals surface area contributed by atoms with Crippen LogP contribution in [-0.4, -0.2) is 91.6 Å². The van der Waals surface area contributed by atoms with Crippen molar-refractivity contribution in [2.75, 3.05) is 45.9 Å². The molecule has 1 atom stereocenters. The first-order valence-corrected chi connectivity index (χ1v) is 13.6. The number of nitrogens with zero attached hydrogens (tertiary/aromatic N) is 5. The van der Waals surface area contributed by atoms with Crippen LogP contribution >= 0.6 is 0 Å². The molecular formula is C26H42N6O4. The minimum absolute atomic E-state index is 0.195. The van der Waals surface area contributed by atoms with Crippen molar-refractivity contribution in [2.45, 2.75) is 83.2 Å². The molecule has 0 aromatic rings. The molecule has 1 N–H and O–H groups in total. The Bertz CT molecular complexity index is 825. The average molecular weight is 503 g/mol. The summed E-state index contributed by atoms with van der Waals surface area (Å²) in [5, 5.41) is 13.1. The molecule has 2 heterocycles. The van der Waals surface area contributed by atoms with E-state index in [4.69, 9.17) is 14.5 Å². The summed E-state index contributed by atoms with van der Waals surface area (Å²) in [6, 6.07) is 1.80. The second kappa shape index (κ2) is 14.2. The highest BCUT2D eigenvalue weighted by Crippen LogP contribution is 2.29. The highest BCUT2D eigenvalue weighted by Gasteiger charge is 2.38. The molecular weight excluding hydrogens is 460 g/mol. The standard InChI is InChI=1S/C26H42N6O4/c1-3-12-31-13-10-26(19-27,11-14-31)30-24(33)22(17-21-8-6-5-7-9-21)29-23-18-32(15-16-36-23)20-28-25(34)35-4-2/h20-22H,3-18H2,1-2H3,(H,30,33)/b28-20-,29-23+. The fourth-order valence-electron chi connectivity index (χ4n) is 5.23. The Morgan fingerprint density at radius 2 is 2.00 bits per heavy atom. The Morgan fingerprint density at radius 1 is 1.25 bits per heavy atom. The zero-order chi connectivity index (χ0) is 25.8. The number of carbonyl (C=O) groups excluding carboxylic acids is 2. The lowest BCUT2D eigenvalue weighted by Crippen LogP contribution is -2.56. The van der Waals surface area contributed by atoms with Gasteiger partial charge >= 0.3 is 6.09 Å². The molecule has 0 aromatic heterocycles. The maximum Gasteiger partial charge on any atom is 0.434 e. The predicted octanol–water partition coefficient (Wildman–Crippen LogP) is 3.13. The van der Waals surface area contributed by atoms with Gasteiger partial charge in [0.2, 0.25) is 11.8 Å². The van der Waals surface area contributed by atoms with Gasteiger partial charge in [-0.2, -0.15) is 10.3 Å². The predicted molar refractivity (Wildman–Crippen MR) is 138 cm³/mol. The summed E-state index contributed by atoms with van der Waals surface area (Å²) in [5.41, 5.74) is -0.849. The Hall–Kier alpha value is -2.67. The highest BCUT2D eigenvalue weighted by atomic mass is 16.5. The van der Waals surface area contributed by atoms with Gasteiger partial charge in [-0.05, 0) is 45.1 Å². The van der Waals surface area contributed by atoms with E-state index in [-0.39, 0.29) is 12.5 Å². The van der Waals surface area contributed by atoms with Crippen LogP contribution in [0.4, 0.5) is 4.79 Å². The second-order valence-electron chi connectivity index (χ2n) is 10.1. The maximum atomic E-state index is 13.6. The van der Waals surface area contributed by atoms with Gasteiger partial charge in [-0.15, -0.1) is 0 Å². The molecule has 10 nitrogen and oxygen atoms in total. The summed E-state index contributed by atoms with van der Waals surface area (Å²) in [4.78, 5) is 37.9. The monoisotopic (exact) mass is 502 g/mol. The first kappa shape index (κ1) is 27.9. The van der Waals surface area contributed by atoms with E-state index < -0.39 is 17.7 Å². The first-order chi connectivity index (χ1) is 17.5. The van der Waals surface area contributed by atoms with Crippen molar-refractivity contribution >= 4 is 24.2 Å². The Balaban J connectivity index is 1.70. The second-order valence-corrected chi connectivity index (χ2v) is 10.1. The maximum absolute atomic E-state index is 13.6. The van der Waals surface area contributed by atoms with E-state index in [1.165, 1.54) is 25.6 Å². The van der Waals surface area contributed by atoms with E-state index in [1.54, 1.807) is 6.92 Å². The Labute approximate surface area is 215 Å². The van der Waals surface area contributed by atoms with Gasteiger partial charge in [-0.3, -0.25) is 4.79 Å². The van der Waals surface area contributed by atoms with Gasteiger partial charge in [0.15, 0.2) is 0 Å². The number of morpholine rings is 1. The fourth-order valence-corrected chi connectivity index (χ4v) is 5.23. The van der Waals surface area contributed by atoms with Gasteiger partial charge in [-0.1, -0.05) is 39.0 Å². The molecule has 36 heavy (non-hydrogen) atoms. The van der Waals surface area contributed by atoms with E-state index >= 15 is 0 Å². The smallest absolute Gasteiger partial charge is 0.434 e. The molecule has 2 saturated heterocycles. The summed E-state index contributed by atoms with van der Waals surface area (Å²) in [7, 11) is 0. The molecule has 200 valence electrons. The number of carbonyl (C=O) groups is 2. The molecule has 3 rings (SSSR count). The van der Waals surface area contributed by atoms with E-state index in [0.29, 0.717) is 50.8 Å². The van der Waals surface area contributed by atoms with E-state index in [9.17, 15) is 14.9 Å². The van der Waals surface area contributed by atoms with Crippen molar-refractivity contribution in [3.63, 3.8) is 0 Å². The number of piperidine rings is 1. The number of rotatable bonds is 9. The molecule has 1 aliphatic carbocycles. The lowest BCUT2D eigenvalue weighted by atomic mass is 9.84. The van der Waals surface area contributed by atoms with Crippen LogP contribution in [0.2, 0.25) is 0 Å². The first-order valence-electron chi connectivity index (χ1n) is 13.6. The molecule has 0 bridgehead atoms. The van der Waals surface area contributed by atoms with Crippen molar-refractivity contribution in [1.82, 2.24) is 15.1 Å². The van der Waals surface area contributed by atoms with Crippen LogP contribution in [0.25, 0.3) is 0 Å². The van der Waals surface area contributed by atoms with Crippen molar-refractivity contribution in [3.05, 3.63) is 0 Å². The van der Waals surface area contributed by atoms with E-state index in [2.05, 4.69) is 28.2 Å². The molecule has 0 spiro atoms. The van der Waals surface area contributed by atoms with Gasteiger partial charge < -0.3 is 24.6 Å². The minimum atomic E-state index is -0.849. The highest BCUT2D eigenvalue weighted by molar-refractivity contribution is 5.89. The number of nitrogens with one attached hydrogen (secondary N) is 1. The molecule has 2 amide bonds. The molecule has 3 fully saturated rings. The Morgan fingerprint density at radius 3 is 2.67 bits per heavy atom. The summed E-state index contributed by atoms with van der Waals surface area (Å²) < 4.78 is 10.6. The van der Waals surface area contributed by atoms with Crippen molar-refractivity contribution < 1.29 is 19.1 Å². The number of nitriles is 1. The topological polar surface area (TPSA) is 120 Å². The number of aliphatic imine (C=N–C) groups is 2. The lowest BCUT2D eigenvalue weighted by Gasteiger charge is -2.38. The number of ether oxygens (including phenoxy) is 2.